The number of nitrogen functional groups attached to an aromatic ring is 1. The number of carbonyl (C=O) groups excluding carboxylic acids is 2. The topological polar surface area (TPSA) is 150 Å². The smallest absolute Gasteiger partial charge is 0.262 e. The molecule has 6 aromatic rings. The van der Waals surface area contributed by atoms with Crippen molar-refractivity contribution < 1.29 is 36.0 Å². The van der Waals surface area contributed by atoms with Gasteiger partial charge in [-0.25, -0.2) is 37.5 Å². The Kier molecular flexibility index (Phi) is 16.6. The van der Waals surface area contributed by atoms with Crippen molar-refractivity contribution in [3.05, 3.63) is 131 Å². The van der Waals surface area contributed by atoms with Crippen LogP contribution in [0.2, 0.25) is 0 Å². The Balaban J connectivity index is 0.000000229. The summed E-state index contributed by atoms with van der Waals surface area (Å²) in [6.07, 6.45) is 4.73. The lowest BCUT2D eigenvalue weighted by Crippen LogP contribution is -2.16. The van der Waals surface area contributed by atoms with Gasteiger partial charge in [0.1, 0.15) is 68.9 Å². The van der Waals surface area contributed by atoms with Crippen molar-refractivity contribution in [2.75, 3.05) is 16.4 Å². The number of hydrogen-bond acceptors (Lipinski definition) is 9. The molecule has 10 nitrogen and oxygen atoms in total. The van der Waals surface area contributed by atoms with Crippen LogP contribution in [-0.4, -0.2) is 36.4 Å². The molecule has 0 saturated heterocycles. The van der Waals surface area contributed by atoms with Gasteiger partial charge in [0.25, 0.3) is 11.1 Å². The number of amides is 1. The molecule has 0 aliphatic carbocycles. The summed E-state index contributed by atoms with van der Waals surface area (Å²) in [6.45, 7) is 7.59. The number of nitrogens with one attached hydrogen (secondary N) is 1. The summed E-state index contributed by atoms with van der Waals surface area (Å²) in [5.74, 6) is -1.09. The van der Waals surface area contributed by atoms with Crippen molar-refractivity contribution in [3.63, 3.8) is 0 Å². The Morgan fingerprint density at radius 2 is 1.13 bits per heavy atom. The van der Waals surface area contributed by atoms with Gasteiger partial charge in [-0.05, 0) is 60.1 Å². The number of halogens is 7. The molecule has 4 aromatic heterocycles. The number of carbonyl (C=O) groups is 2. The van der Waals surface area contributed by atoms with Gasteiger partial charge in [-0.3, -0.25) is 9.59 Å². The van der Waals surface area contributed by atoms with Gasteiger partial charge in [0.05, 0.1) is 5.34 Å². The number of aromatic nitrogens is 4. The van der Waals surface area contributed by atoms with Crippen molar-refractivity contribution in [3.8, 4) is 22.5 Å². The van der Waals surface area contributed by atoms with Crippen LogP contribution >= 0.6 is 34.8 Å². The molecule has 2 aromatic carbocycles. The molecule has 54 heavy (non-hydrogen) atoms. The number of benzene rings is 2. The van der Waals surface area contributed by atoms with Crippen LogP contribution in [0.25, 0.3) is 22.5 Å². The van der Waals surface area contributed by atoms with Crippen molar-refractivity contribution in [2.45, 2.75) is 40.5 Å². The molecule has 17 heteroatoms. The van der Waals surface area contributed by atoms with Gasteiger partial charge in [0.15, 0.2) is 11.8 Å². The van der Waals surface area contributed by atoms with Gasteiger partial charge < -0.3 is 19.9 Å². The summed E-state index contributed by atoms with van der Waals surface area (Å²) in [7, 11) is 0. The Bertz CT molecular complexity index is 2120. The predicted octanol–water partition coefficient (Wildman–Crippen LogP) is 10.1. The molecule has 0 aliphatic heterocycles. The minimum absolute atomic E-state index is 0.176. The molecule has 284 valence electrons. The van der Waals surface area contributed by atoms with Crippen LogP contribution in [-0.2, 0) is 12.8 Å². The van der Waals surface area contributed by atoms with Gasteiger partial charge >= 0.3 is 0 Å². The molecule has 1 amide bonds. The highest BCUT2D eigenvalue weighted by atomic mass is 35.5. The number of alkyl halides is 2. The molecule has 0 bridgehead atoms. The minimum atomic E-state index is -1.12. The molecular weight excluding hydrogens is 775 g/mol. The lowest BCUT2D eigenvalue weighted by Gasteiger charge is -2.07. The van der Waals surface area contributed by atoms with Crippen molar-refractivity contribution in [2.24, 2.45) is 0 Å². The summed E-state index contributed by atoms with van der Waals surface area (Å²) in [4.78, 5) is 39.2. The monoisotopic (exact) mass is 806 g/mol. The Morgan fingerprint density at radius 3 is 1.48 bits per heavy atom. The number of rotatable bonds is 7. The highest BCUT2D eigenvalue weighted by Crippen LogP contribution is 2.26. The first-order chi connectivity index (χ1) is 25.7. The fourth-order valence-electron chi connectivity index (χ4n) is 4.60. The van der Waals surface area contributed by atoms with Gasteiger partial charge in [-0.1, -0.05) is 26.0 Å². The molecule has 0 aliphatic rings. The highest BCUT2D eigenvalue weighted by Gasteiger charge is 2.18. The van der Waals surface area contributed by atoms with Crippen LogP contribution in [0.1, 0.15) is 57.9 Å². The summed E-state index contributed by atoms with van der Waals surface area (Å²) in [5, 5.41) is 1.45. The van der Waals surface area contributed by atoms with Crippen LogP contribution < -0.4 is 11.1 Å². The zero-order chi connectivity index (χ0) is 39.9. The maximum atomic E-state index is 13.6. The van der Waals surface area contributed by atoms with Crippen molar-refractivity contribution in [1.82, 2.24) is 19.9 Å². The molecular formula is C37H33Cl3F4N6O4. The van der Waals surface area contributed by atoms with Crippen LogP contribution in [0.15, 0.2) is 81.9 Å². The van der Waals surface area contributed by atoms with E-state index in [4.69, 9.17) is 49.4 Å². The van der Waals surface area contributed by atoms with Crippen LogP contribution in [0, 0.1) is 37.1 Å². The van der Waals surface area contributed by atoms with Crippen LogP contribution in [0.4, 0.5) is 29.2 Å². The van der Waals surface area contributed by atoms with Gasteiger partial charge in [-0.15, -0.1) is 23.2 Å². The number of aryl methyl sites for hydroxylation is 4. The molecule has 0 spiro atoms. The van der Waals surface area contributed by atoms with Gasteiger partial charge in [-0.2, -0.15) is 0 Å². The van der Waals surface area contributed by atoms with E-state index in [-0.39, 0.29) is 11.2 Å². The second-order valence-electron chi connectivity index (χ2n) is 10.6. The summed E-state index contributed by atoms with van der Waals surface area (Å²) in [5.41, 5.74) is 7.40. The molecule has 6 rings (SSSR count). The zero-order valence-corrected chi connectivity index (χ0v) is 31.5. The largest absolute Gasteiger partial charge is 0.445 e. The van der Waals surface area contributed by atoms with E-state index in [1.165, 1.54) is 18.3 Å². The van der Waals surface area contributed by atoms with Gasteiger partial charge in [0, 0.05) is 50.2 Å². The lowest BCUT2D eigenvalue weighted by molar-refractivity contribution is 0.101. The molecule has 0 fully saturated rings. The summed E-state index contributed by atoms with van der Waals surface area (Å²) in [6, 6.07) is 13.2. The normalized spacial score (nSPS) is 10.2. The average Bonchev–Trinajstić information content (AvgIpc) is 3.71. The first-order valence-electron chi connectivity index (χ1n) is 15.9. The van der Waals surface area contributed by atoms with Gasteiger partial charge in [0.2, 0.25) is 0 Å². The number of oxazole rings is 2. The molecule has 0 saturated carbocycles. The molecule has 0 radical (unpaired) electrons. The van der Waals surface area contributed by atoms with E-state index in [0.29, 0.717) is 29.7 Å². The maximum absolute atomic E-state index is 13.6. The highest BCUT2D eigenvalue weighted by molar-refractivity contribution is 6.67. The molecule has 3 N–H and O–H groups in total. The van der Waals surface area contributed by atoms with Crippen LogP contribution in [0.3, 0.4) is 0 Å². The van der Waals surface area contributed by atoms with E-state index >= 15 is 0 Å². The third kappa shape index (κ3) is 11.9. The third-order valence-electron chi connectivity index (χ3n) is 6.94. The van der Waals surface area contributed by atoms with Crippen molar-refractivity contribution in [1.29, 1.82) is 0 Å². The Hall–Kier alpha value is -5.31. The number of anilines is 2. The average molecular weight is 808 g/mol. The summed E-state index contributed by atoms with van der Waals surface area (Å²) >= 11 is 14.4. The predicted molar refractivity (Wildman–Crippen MR) is 200 cm³/mol. The fraction of sp³-hybridized carbons (Fsp3) is 0.189. The first kappa shape index (κ1) is 43.1. The number of hydrogen-bond donors (Lipinski definition) is 2. The quantitative estimate of drug-likeness (QED) is 0.0913. The number of nitrogens with two attached hydrogens (primary N) is 1. The summed E-state index contributed by atoms with van der Waals surface area (Å²) < 4.78 is 63.4. The second-order valence-corrected chi connectivity index (χ2v) is 11.8. The Morgan fingerprint density at radius 1 is 0.704 bits per heavy atom. The number of pyridine rings is 2. The first-order valence-corrected chi connectivity index (χ1v) is 17.3. The third-order valence-corrected chi connectivity index (χ3v) is 7.13. The fourth-order valence-corrected chi connectivity index (χ4v) is 4.78. The van der Waals surface area contributed by atoms with E-state index in [0.717, 1.165) is 65.1 Å². The van der Waals surface area contributed by atoms with E-state index in [2.05, 4.69) is 25.3 Å². The lowest BCUT2D eigenvalue weighted by atomic mass is 10.1. The SMILES string of the molecule is CCc1oc(C)nc1-c1ccc(N)nc1.CCc1oc(C)nc1-c1ccc(NC(=O)c2c(F)cccc2F)nc1.ClCCl.O=C(Cl)c1c(F)cccc1F. The van der Waals surface area contributed by atoms with Crippen molar-refractivity contribution >= 4 is 57.6 Å². The molecule has 0 unspecified atom stereocenters. The van der Waals surface area contributed by atoms with E-state index in [1.54, 1.807) is 25.3 Å². The van der Waals surface area contributed by atoms with E-state index in [1.807, 2.05) is 26.8 Å². The van der Waals surface area contributed by atoms with E-state index < -0.39 is 45.5 Å². The second kappa shape index (κ2) is 20.8. The van der Waals surface area contributed by atoms with Crippen LogP contribution in [0.5, 0.6) is 0 Å². The standard InChI is InChI=1S/C18H15F2N3O2.C11H13N3O.C7H3ClF2O.CH2Cl2/c1-3-14-17(22-10(2)25-14)11-7-8-15(21-9-11)23-18(24)16-12(19)5-4-6-13(16)20;1-3-9-11(14-7(2)15-9)8-4-5-10(12)13-6-8;8-7(11)6-4(9)2-1-3-5(6)10;2-1-3/h4-9H,3H2,1-2H3,(H,21,23,24);4-6H,3H2,1-2H3,(H2,12,13);1-3H;1H2. The van der Waals surface area contributed by atoms with E-state index in [9.17, 15) is 27.2 Å². The minimum Gasteiger partial charge on any atom is -0.445 e. The Labute approximate surface area is 322 Å². The zero-order valence-electron chi connectivity index (χ0n) is 29.2. The maximum Gasteiger partial charge on any atom is 0.262 e. The molecule has 0 atom stereocenters. The molecule has 4 heterocycles. The number of nitrogens with zero attached hydrogens (tertiary/aromatic N) is 4.